The summed E-state index contributed by atoms with van der Waals surface area (Å²) >= 11 is 0. The lowest BCUT2D eigenvalue weighted by atomic mass is 9.85. The van der Waals surface area contributed by atoms with Crippen LogP contribution in [-0.4, -0.2) is 76.2 Å². The van der Waals surface area contributed by atoms with E-state index in [1.165, 1.54) is 12.0 Å². The van der Waals surface area contributed by atoms with Crippen LogP contribution in [0.15, 0.2) is 24.3 Å². The third kappa shape index (κ3) is 10.1. The largest absolute Gasteiger partial charge is 0.469 e. The highest BCUT2D eigenvalue weighted by atomic mass is 16.5. The summed E-state index contributed by atoms with van der Waals surface area (Å²) < 4.78 is 4.63. The summed E-state index contributed by atoms with van der Waals surface area (Å²) in [7, 11) is 1.35. The van der Waals surface area contributed by atoms with Crippen LogP contribution < -0.4 is 10.6 Å². The van der Waals surface area contributed by atoms with Gasteiger partial charge in [-0.25, -0.2) is 0 Å². The fourth-order valence-corrected chi connectivity index (χ4v) is 5.04. The molecular formula is C32H47N3O7. The first-order valence-electron chi connectivity index (χ1n) is 14.5. The molecule has 1 aliphatic heterocycles. The van der Waals surface area contributed by atoms with Crippen LogP contribution in [0.25, 0.3) is 0 Å². The first-order valence-corrected chi connectivity index (χ1v) is 14.5. The van der Waals surface area contributed by atoms with Crippen LogP contribution in [0.4, 0.5) is 0 Å². The lowest BCUT2D eigenvalue weighted by molar-refractivity contribution is -0.144. The molecule has 1 fully saturated rings. The van der Waals surface area contributed by atoms with Crippen LogP contribution in [0.1, 0.15) is 96.7 Å². The van der Waals surface area contributed by atoms with Crippen molar-refractivity contribution >= 4 is 23.7 Å². The Morgan fingerprint density at radius 1 is 1.02 bits per heavy atom. The molecule has 1 aromatic carbocycles. The third-order valence-corrected chi connectivity index (χ3v) is 7.45. The standard InChI is InChI=1S/C32H47N3O7/c1-8-21-15-17-22(18-16-21)27(32(5,6)41)34-29(39)24-19-23(36)20-35(24)30(40)28(31(2,3)4)33-25(37)13-11-9-10-12-14-26(38)42-7/h1,15-18,23-24,27-28,36,41H,9-14,19-20H2,2-7H3,(H,33,37)(H,34,39)/t23-,24+,27-,28-/m1/s1. The molecule has 0 unspecified atom stereocenters. The molecule has 10 heteroatoms. The summed E-state index contributed by atoms with van der Waals surface area (Å²) in [6.45, 7) is 8.58. The van der Waals surface area contributed by atoms with Gasteiger partial charge in [0.05, 0.1) is 24.9 Å². The number of ether oxygens (including phenoxy) is 1. The Kier molecular flexibility index (Phi) is 12.6. The number of aliphatic hydroxyl groups excluding tert-OH is 1. The van der Waals surface area contributed by atoms with Gasteiger partial charge < -0.3 is 30.5 Å². The van der Waals surface area contributed by atoms with Crippen molar-refractivity contribution in [3.63, 3.8) is 0 Å². The average molecular weight is 586 g/mol. The molecule has 10 nitrogen and oxygen atoms in total. The Balaban J connectivity index is 2.12. The predicted octanol–water partition coefficient (Wildman–Crippen LogP) is 2.60. The number of nitrogens with one attached hydrogen (secondary N) is 2. The van der Waals surface area contributed by atoms with E-state index in [1.807, 2.05) is 20.8 Å². The number of carbonyl (C=O) groups excluding carboxylic acids is 4. The molecule has 0 spiro atoms. The number of nitrogens with zero attached hydrogens (tertiary/aromatic N) is 1. The third-order valence-electron chi connectivity index (χ3n) is 7.45. The van der Waals surface area contributed by atoms with E-state index in [1.54, 1.807) is 38.1 Å². The molecule has 0 aliphatic carbocycles. The van der Waals surface area contributed by atoms with Crippen LogP contribution >= 0.6 is 0 Å². The normalized spacial score (nSPS) is 18.5. The number of aliphatic hydroxyl groups is 2. The van der Waals surface area contributed by atoms with Crippen molar-refractivity contribution in [2.24, 2.45) is 5.41 Å². The molecule has 0 radical (unpaired) electrons. The number of hydrogen-bond donors (Lipinski definition) is 4. The van der Waals surface area contributed by atoms with Gasteiger partial charge in [-0.1, -0.05) is 51.7 Å². The highest BCUT2D eigenvalue weighted by Gasteiger charge is 2.45. The van der Waals surface area contributed by atoms with Crippen LogP contribution in [0, 0.1) is 17.8 Å². The topological polar surface area (TPSA) is 145 Å². The van der Waals surface area contributed by atoms with Gasteiger partial charge in [0.15, 0.2) is 0 Å². The average Bonchev–Trinajstić information content (AvgIpc) is 3.32. The monoisotopic (exact) mass is 585 g/mol. The molecule has 4 atom stereocenters. The quantitative estimate of drug-likeness (QED) is 0.158. The molecule has 2 rings (SSSR count). The lowest BCUT2D eigenvalue weighted by Crippen LogP contribution is -2.58. The summed E-state index contributed by atoms with van der Waals surface area (Å²) in [6, 6.07) is 4.18. The smallest absolute Gasteiger partial charge is 0.305 e. The molecule has 1 aromatic rings. The highest BCUT2D eigenvalue weighted by Crippen LogP contribution is 2.29. The van der Waals surface area contributed by atoms with Crippen molar-refractivity contribution < 1.29 is 34.1 Å². The Bertz CT molecular complexity index is 1130. The van der Waals surface area contributed by atoms with Crippen molar-refractivity contribution in [2.45, 2.75) is 109 Å². The minimum absolute atomic E-state index is 0.0303. The van der Waals surface area contributed by atoms with E-state index in [4.69, 9.17) is 6.42 Å². The van der Waals surface area contributed by atoms with Crippen LogP contribution in [0.2, 0.25) is 0 Å². The number of benzene rings is 1. The van der Waals surface area contributed by atoms with Crippen molar-refractivity contribution in [1.29, 1.82) is 0 Å². The lowest BCUT2D eigenvalue weighted by Gasteiger charge is -2.36. The van der Waals surface area contributed by atoms with Crippen LogP contribution in [0.3, 0.4) is 0 Å². The molecule has 0 aromatic heterocycles. The molecule has 0 bridgehead atoms. The van der Waals surface area contributed by atoms with Crippen molar-refractivity contribution in [2.75, 3.05) is 13.7 Å². The van der Waals surface area contributed by atoms with Gasteiger partial charge in [0.1, 0.15) is 12.1 Å². The van der Waals surface area contributed by atoms with E-state index in [2.05, 4.69) is 21.3 Å². The van der Waals surface area contributed by atoms with E-state index in [0.717, 1.165) is 12.8 Å². The number of carbonyl (C=O) groups is 4. The van der Waals surface area contributed by atoms with Gasteiger partial charge in [-0.3, -0.25) is 19.2 Å². The summed E-state index contributed by atoms with van der Waals surface area (Å²) in [6.07, 6.45) is 7.95. The van der Waals surface area contributed by atoms with Gasteiger partial charge >= 0.3 is 5.97 Å². The summed E-state index contributed by atoms with van der Waals surface area (Å²) in [5.74, 6) is 1.02. The number of unbranched alkanes of at least 4 members (excludes halogenated alkanes) is 3. The van der Waals surface area contributed by atoms with Gasteiger partial charge in [-0.05, 0) is 49.8 Å². The SMILES string of the molecule is C#Cc1ccc([C@@H](NC(=O)[C@@H]2C[C@@H](O)CN2C(=O)[C@@H](NC(=O)CCCCCCC(=O)OC)C(C)(C)C)C(C)(C)O)cc1. The zero-order valence-corrected chi connectivity index (χ0v) is 25.7. The number of rotatable bonds is 13. The molecule has 4 N–H and O–H groups in total. The molecule has 1 heterocycles. The molecule has 1 saturated heterocycles. The van der Waals surface area contributed by atoms with Gasteiger partial charge in [0.25, 0.3) is 0 Å². The summed E-state index contributed by atoms with van der Waals surface area (Å²) in [4.78, 5) is 52.8. The van der Waals surface area contributed by atoms with E-state index in [-0.39, 0.29) is 31.3 Å². The van der Waals surface area contributed by atoms with Gasteiger partial charge in [-0.2, -0.15) is 0 Å². The predicted molar refractivity (Wildman–Crippen MR) is 159 cm³/mol. The first-order chi connectivity index (χ1) is 19.6. The zero-order valence-electron chi connectivity index (χ0n) is 25.7. The summed E-state index contributed by atoms with van der Waals surface area (Å²) in [5.41, 5.74) is -0.725. The summed E-state index contributed by atoms with van der Waals surface area (Å²) in [5, 5.41) is 27.1. The van der Waals surface area contributed by atoms with Gasteiger partial charge in [0.2, 0.25) is 17.7 Å². The second kappa shape index (κ2) is 15.2. The Labute approximate surface area is 249 Å². The van der Waals surface area contributed by atoms with E-state index >= 15 is 0 Å². The molecule has 0 saturated carbocycles. The number of amides is 3. The number of methoxy groups -OCH3 is 1. The number of hydrogen-bond acceptors (Lipinski definition) is 7. The first kappa shape index (κ1) is 34.8. The number of terminal acetylenes is 1. The minimum Gasteiger partial charge on any atom is -0.469 e. The number of likely N-dealkylation sites (tertiary alicyclic amines) is 1. The highest BCUT2D eigenvalue weighted by molar-refractivity contribution is 5.93. The molecule has 1 aliphatic rings. The zero-order chi connectivity index (χ0) is 31.7. The minimum atomic E-state index is -1.35. The molecule has 232 valence electrons. The Morgan fingerprint density at radius 2 is 1.62 bits per heavy atom. The van der Waals surface area contributed by atoms with E-state index in [9.17, 15) is 29.4 Å². The van der Waals surface area contributed by atoms with Crippen molar-refractivity contribution in [1.82, 2.24) is 15.5 Å². The van der Waals surface area contributed by atoms with Crippen molar-refractivity contribution in [3.8, 4) is 12.3 Å². The number of β-amino-alcohol motifs (C(OH)–C–C–N with tert-alkyl or cyclic N) is 1. The maximum Gasteiger partial charge on any atom is 0.305 e. The fourth-order valence-electron chi connectivity index (χ4n) is 5.04. The second-order valence-electron chi connectivity index (χ2n) is 12.6. The van der Waals surface area contributed by atoms with Crippen LogP contribution in [0.5, 0.6) is 0 Å². The molecular weight excluding hydrogens is 538 g/mol. The Morgan fingerprint density at radius 3 is 2.14 bits per heavy atom. The van der Waals surface area contributed by atoms with E-state index in [0.29, 0.717) is 30.4 Å². The van der Waals surface area contributed by atoms with E-state index < -0.39 is 47.1 Å². The second-order valence-corrected chi connectivity index (χ2v) is 12.6. The van der Waals surface area contributed by atoms with Crippen molar-refractivity contribution in [3.05, 3.63) is 35.4 Å². The van der Waals surface area contributed by atoms with Gasteiger partial charge in [-0.15, -0.1) is 6.42 Å². The Hall–Kier alpha value is -3.42. The van der Waals surface area contributed by atoms with Crippen LogP contribution in [-0.2, 0) is 23.9 Å². The number of esters is 1. The molecule has 3 amide bonds. The fraction of sp³-hybridized carbons (Fsp3) is 0.625. The molecule has 42 heavy (non-hydrogen) atoms. The van der Waals surface area contributed by atoms with Gasteiger partial charge in [0, 0.05) is 31.4 Å². The maximum absolute atomic E-state index is 13.8. The maximum atomic E-state index is 13.8.